The van der Waals surface area contributed by atoms with Crippen molar-refractivity contribution < 1.29 is 38.3 Å². The van der Waals surface area contributed by atoms with E-state index < -0.39 is 47.6 Å². The number of fused-ring (bicyclic) bond motifs is 1. The molecule has 0 radical (unpaired) electrons. The molecule has 2 aromatic carbocycles. The maximum atomic E-state index is 11.5. The Morgan fingerprint density at radius 2 is 1.81 bits per heavy atom. The molecule has 0 aliphatic rings. The second-order valence-electron chi connectivity index (χ2n) is 8.00. The normalized spacial score (nSPS) is 15.1. The molecule has 3 aromatic rings. The van der Waals surface area contributed by atoms with Gasteiger partial charge < -0.3 is 35.2 Å². The van der Waals surface area contributed by atoms with Gasteiger partial charge in [-0.15, -0.1) is 0 Å². The van der Waals surface area contributed by atoms with E-state index in [1.54, 1.807) is 24.3 Å². The molecular weight excluding hydrogens is 596 g/mol. The number of methoxy groups -OCH3 is 1. The Labute approximate surface area is 226 Å². The van der Waals surface area contributed by atoms with Gasteiger partial charge in [0.15, 0.2) is 17.6 Å². The van der Waals surface area contributed by atoms with Crippen LogP contribution < -0.4 is 19.5 Å². The number of nitrogens with zero attached hydrogens (tertiary/aromatic N) is 2. The van der Waals surface area contributed by atoms with Gasteiger partial charge in [0.05, 0.1) is 43.2 Å². The zero-order chi connectivity index (χ0) is 27.3. The molecule has 0 spiro atoms. The number of hydrogen-bond donors (Lipinski definition) is 6. The fourth-order valence-electron chi connectivity index (χ4n) is 3.45. The van der Waals surface area contributed by atoms with Crippen molar-refractivity contribution in [1.29, 1.82) is 0 Å². The first-order valence-electron chi connectivity index (χ1n) is 10.7. The largest absolute Gasteiger partial charge is 0.493 e. The van der Waals surface area contributed by atoms with Gasteiger partial charge >= 0.3 is 0 Å². The van der Waals surface area contributed by atoms with Crippen molar-refractivity contribution in [3.05, 3.63) is 46.2 Å². The highest BCUT2D eigenvalue weighted by Crippen LogP contribution is 2.36. The van der Waals surface area contributed by atoms with E-state index in [4.69, 9.17) is 21.1 Å². The average molecular weight is 622 g/mol. The molecule has 0 fully saturated rings. The van der Waals surface area contributed by atoms with Crippen molar-refractivity contribution in [3.8, 4) is 11.5 Å². The van der Waals surface area contributed by atoms with E-state index in [9.17, 15) is 28.8 Å². The van der Waals surface area contributed by atoms with E-state index in [1.807, 2.05) is 4.72 Å². The number of benzene rings is 2. The Hall–Kier alpha value is -2.30. The Kier molecular flexibility index (Phi) is 9.88. The number of aromatic nitrogens is 2. The highest BCUT2D eigenvalue weighted by Gasteiger charge is 2.35. The van der Waals surface area contributed by atoms with Crippen LogP contribution in [0, 0.1) is 0 Å². The van der Waals surface area contributed by atoms with Gasteiger partial charge in [0.25, 0.3) is 0 Å². The molecule has 12 nitrogen and oxygen atoms in total. The van der Waals surface area contributed by atoms with Crippen LogP contribution in [0.2, 0.25) is 5.02 Å². The summed E-state index contributed by atoms with van der Waals surface area (Å²) in [4.78, 5) is 8.52. The zero-order valence-corrected chi connectivity index (χ0v) is 22.8. The second-order valence-corrected chi connectivity index (χ2v) is 11.0. The van der Waals surface area contributed by atoms with Gasteiger partial charge in [0, 0.05) is 21.6 Å². The van der Waals surface area contributed by atoms with E-state index >= 15 is 0 Å². The minimum atomic E-state index is -3.81. The van der Waals surface area contributed by atoms with Crippen LogP contribution in [-0.2, 0) is 10.0 Å². The lowest BCUT2D eigenvalue weighted by Gasteiger charge is -2.30. The average Bonchev–Trinajstić information content (AvgIpc) is 2.86. The smallest absolute Gasteiger partial charge is 0.209 e. The van der Waals surface area contributed by atoms with E-state index in [0.29, 0.717) is 27.4 Å². The van der Waals surface area contributed by atoms with Gasteiger partial charge in [-0.05, 0) is 40.2 Å². The van der Waals surface area contributed by atoms with E-state index in [0.717, 1.165) is 10.7 Å². The predicted octanol–water partition coefficient (Wildman–Crippen LogP) is 1.17. The maximum absolute atomic E-state index is 11.5. The third-order valence-corrected chi connectivity index (χ3v) is 7.23. The van der Waals surface area contributed by atoms with Crippen molar-refractivity contribution in [2.24, 2.45) is 0 Å². The summed E-state index contributed by atoms with van der Waals surface area (Å²) in [6.45, 7) is -1.56. The minimum Gasteiger partial charge on any atom is -0.493 e. The van der Waals surface area contributed by atoms with E-state index in [2.05, 4.69) is 31.2 Å². The molecule has 0 amide bonds. The fraction of sp³-hybridized carbons (Fsp3) is 0.364. The Morgan fingerprint density at radius 1 is 1.08 bits per heavy atom. The second kappa shape index (κ2) is 12.5. The zero-order valence-electron chi connectivity index (χ0n) is 19.7. The molecule has 1 heterocycles. The number of hydrogen-bond acceptors (Lipinski definition) is 11. The van der Waals surface area contributed by atoms with Crippen LogP contribution in [0.25, 0.3) is 10.9 Å². The van der Waals surface area contributed by atoms with Crippen LogP contribution in [0.15, 0.2) is 41.1 Å². The molecule has 4 atom stereocenters. The number of anilines is 2. The Balaban J connectivity index is 1.90. The van der Waals surface area contributed by atoms with Crippen LogP contribution in [0.1, 0.15) is 0 Å². The van der Waals surface area contributed by atoms with E-state index in [1.165, 1.54) is 19.5 Å². The first kappa shape index (κ1) is 29.3. The van der Waals surface area contributed by atoms with Crippen molar-refractivity contribution >= 4 is 60.0 Å². The number of nitrogens with one attached hydrogen (secondary N) is 2. The first-order chi connectivity index (χ1) is 17.5. The summed E-state index contributed by atoms with van der Waals surface area (Å²) >= 11 is 9.52. The lowest BCUT2D eigenvalue weighted by Crippen LogP contribution is -2.55. The Bertz CT molecular complexity index is 1350. The lowest BCUT2D eigenvalue weighted by atomic mass is 10.0. The molecule has 37 heavy (non-hydrogen) atoms. The van der Waals surface area contributed by atoms with Crippen LogP contribution in [0.4, 0.5) is 11.5 Å². The fourth-order valence-corrected chi connectivity index (χ4v) is 4.64. The van der Waals surface area contributed by atoms with Crippen molar-refractivity contribution in [1.82, 2.24) is 14.7 Å². The van der Waals surface area contributed by atoms with Crippen LogP contribution >= 0.6 is 27.5 Å². The Morgan fingerprint density at radius 3 is 2.41 bits per heavy atom. The monoisotopic (exact) mass is 620 g/mol. The molecule has 1 aromatic heterocycles. The summed E-state index contributed by atoms with van der Waals surface area (Å²) in [5.74, 6) is 0.723. The third kappa shape index (κ3) is 7.39. The summed E-state index contributed by atoms with van der Waals surface area (Å²) in [5.41, 5.74) is 1.10. The summed E-state index contributed by atoms with van der Waals surface area (Å²) in [6, 6.07) is 6.94. The van der Waals surface area contributed by atoms with Gasteiger partial charge in [-0.25, -0.2) is 23.1 Å². The molecule has 0 saturated carbocycles. The third-order valence-electron chi connectivity index (χ3n) is 5.27. The van der Waals surface area contributed by atoms with Gasteiger partial charge in [-0.1, -0.05) is 11.6 Å². The summed E-state index contributed by atoms with van der Waals surface area (Å²) < 4.78 is 36.9. The van der Waals surface area contributed by atoms with Crippen molar-refractivity contribution in [2.75, 3.05) is 31.9 Å². The minimum absolute atomic E-state index is 0.0771. The molecule has 0 unspecified atom stereocenters. The van der Waals surface area contributed by atoms with Gasteiger partial charge in [0.1, 0.15) is 24.4 Å². The molecule has 0 bridgehead atoms. The summed E-state index contributed by atoms with van der Waals surface area (Å²) in [6.07, 6.45) is -2.85. The predicted molar refractivity (Wildman–Crippen MR) is 141 cm³/mol. The van der Waals surface area contributed by atoms with Crippen molar-refractivity contribution in [3.63, 3.8) is 0 Å². The number of halogens is 2. The number of aliphatic hydroxyl groups excluding tert-OH is 4. The summed E-state index contributed by atoms with van der Waals surface area (Å²) in [7, 11) is -2.42. The number of sulfonamides is 1. The maximum Gasteiger partial charge on any atom is 0.209 e. The molecule has 6 N–H and O–H groups in total. The molecule has 0 aliphatic carbocycles. The molecule has 0 aliphatic heterocycles. The topological polar surface area (TPSA) is 183 Å². The van der Waals surface area contributed by atoms with Crippen molar-refractivity contribution in [2.45, 2.75) is 24.4 Å². The van der Waals surface area contributed by atoms with Crippen LogP contribution in [-0.4, -0.2) is 89.7 Å². The SMILES string of the molecule is COc1cc2c(Nc3ccc(Br)c(Cl)c3)ncnc2cc1O[C@H](CO)[C@H](O)[C@@H](O)[C@@H](CO)NS(C)(=O)=O. The van der Waals surface area contributed by atoms with Gasteiger partial charge in [0.2, 0.25) is 10.0 Å². The molecule has 15 heteroatoms. The molecule has 0 saturated heterocycles. The number of rotatable bonds is 12. The lowest BCUT2D eigenvalue weighted by molar-refractivity contribution is -0.0802. The van der Waals surface area contributed by atoms with Gasteiger partial charge in [-0.2, -0.15) is 0 Å². The van der Waals surface area contributed by atoms with Crippen LogP contribution in [0.5, 0.6) is 11.5 Å². The first-order valence-corrected chi connectivity index (χ1v) is 13.8. The highest BCUT2D eigenvalue weighted by molar-refractivity contribution is 9.10. The number of ether oxygens (including phenoxy) is 2. The van der Waals surface area contributed by atoms with Gasteiger partial charge in [-0.3, -0.25) is 0 Å². The molecule has 202 valence electrons. The number of aliphatic hydroxyl groups is 4. The summed E-state index contributed by atoms with van der Waals surface area (Å²) in [5, 5.41) is 44.5. The highest BCUT2D eigenvalue weighted by atomic mass is 79.9. The van der Waals surface area contributed by atoms with E-state index in [-0.39, 0.29) is 11.5 Å². The standard InChI is InChI=1S/C22H26BrClN4O8S/c1-35-17-6-12-15(25-10-26-22(12)27-11-3-4-13(23)14(24)5-11)7-18(17)36-19(9-30)21(32)20(31)16(8-29)28-37(2,33)34/h3-7,10,16,19-21,28-32H,8-9H2,1-2H3,(H,25,26,27)/t16-,19-,20+,21+/m1/s1. The molecular formula is C22H26BrClN4O8S. The molecule has 3 rings (SSSR count). The quantitative estimate of drug-likeness (QED) is 0.171. The van der Waals surface area contributed by atoms with Crippen LogP contribution in [0.3, 0.4) is 0 Å².